The molecule has 3 aromatic rings. The van der Waals surface area contributed by atoms with E-state index < -0.39 is 15.7 Å². The van der Waals surface area contributed by atoms with Gasteiger partial charge in [0.1, 0.15) is 5.82 Å². The Kier molecular flexibility index (Phi) is 5.58. The summed E-state index contributed by atoms with van der Waals surface area (Å²) < 4.78 is 50.8. The fraction of sp³-hybridized carbons (Fsp3) is 0.250. The topological polar surface area (TPSA) is 81.4 Å². The molecule has 1 saturated heterocycles. The summed E-state index contributed by atoms with van der Waals surface area (Å²) in [5.41, 5.74) is 0.579. The maximum atomic E-state index is 13.2. The summed E-state index contributed by atoms with van der Waals surface area (Å²) in [7, 11) is -4.03. The third-order valence-electron chi connectivity index (χ3n) is 4.58. The number of anilines is 1. The highest BCUT2D eigenvalue weighted by Crippen LogP contribution is 2.33. The van der Waals surface area contributed by atoms with Crippen LogP contribution in [0.5, 0.6) is 0 Å². The highest BCUT2D eigenvalue weighted by atomic mass is 35.5. The van der Waals surface area contributed by atoms with Gasteiger partial charge in [-0.25, -0.2) is 12.8 Å². The third-order valence-corrected chi connectivity index (χ3v) is 6.51. The van der Waals surface area contributed by atoms with E-state index in [0.29, 0.717) is 23.7 Å². The molecule has 2 heterocycles. The minimum atomic E-state index is -4.03. The van der Waals surface area contributed by atoms with E-state index in [0.717, 1.165) is 25.0 Å². The molecule has 0 radical (unpaired) electrons. The highest BCUT2D eigenvalue weighted by molar-refractivity contribution is 7.91. The molecule has 1 unspecified atom stereocenters. The molecule has 0 spiro atoms. The predicted molar refractivity (Wildman–Crippen MR) is 106 cm³/mol. The Bertz CT molecular complexity index is 1090. The van der Waals surface area contributed by atoms with E-state index in [9.17, 15) is 12.8 Å². The van der Waals surface area contributed by atoms with E-state index >= 15 is 0 Å². The molecule has 4 rings (SSSR count). The highest BCUT2D eigenvalue weighted by Gasteiger charge is 2.29. The lowest BCUT2D eigenvalue weighted by atomic mass is 10.2. The molecule has 0 saturated carbocycles. The van der Waals surface area contributed by atoms with Crippen LogP contribution in [-0.2, 0) is 14.6 Å². The van der Waals surface area contributed by atoms with Crippen LogP contribution in [0.25, 0.3) is 11.5 Å². The van der Waals surface area contributed by atoms with Crippen LogP contribution in [0.3, 0.4) is 0 Å². The minimum Gasteiger partial charge on any atom is -0.419 e. The maximum absolute atomic E-state index is 13.2. The normalized spacial score (nSPS) is 16.8. The molecular weight excluding hydrogens is 419 g/mol. The van der Waals surface area contributed by atoms with Gasteiger partial charge in [0.05, 0.1) is 11.0 Å². The summed E-state index contributed by atoms with van der Waals surface area (Å²) in [6.07, 6.45) is 1.81. The number of hydrogen-bond donors (Lipinski definition) is 1. The fourth-order valence-electron chi connectivity index (χ4n) is 3.05. The zero-order valence-corrected chi connectivity index (χ0v) is 16.8. The van der Waals surface area contributed by atoms with Gasteiger partial charge in [0.15, 0.2) is 0 Å². The molecule has 1 fully saturated rings. The van der Waals surface area contributed by atoms with Crippen LogP contribution < -0.4 is 5.32 Å². The summed E-state index contributed by atoms with van der Waals surface area (Å²) in [6, 6.07) is 11.3. The van der Waals surface area contributed by atoms with E-state index in [2.05, 4.69) is 10.3 Å². The molecule has 1 aliphatic heterocycles. The molecule has 29 heavy (non-hydrogen) atoms. The number of hydrogen-bond acceptors (Lipinski definition) is 6. The zero-order valence-electron chi connectivity index (χ0n) is 15.3. The number of ether oxygens (including phenoxy) is 1. The van der Waals surface area contributed by atoms with Crippen molar-refractivity contribution in [3.8, 4) is 11.5 Å². The SMILES string of the molecule is O=S(=O)(c1ccc(F)cc1)c1nc(-c2ccc(Cl)cc2)oc1NCC1CCCO1. The van der Waals surface area contributed by atoms with Crippen molar-refractivity contribution in [2.75, 3.05) is 18.5 Å². The summed E-state index contributed by atoms with van der Waals surface area (Å²) in [5.74, 6) is -0.366. The standard InChI is InChI=1S/C20H18ClFN2O4S/c21-14-5-3-13(4-6-14)18-24-20(19(28-18)23-12-16-2-1-11-27-16)29(25,26)17-9-7-15(22)8-10-17/h3-10,16,23H,1-2,11-12H2. The largest absolute Gasteiger partial charge is 0.419 e. The molecule has 6 nitrogen and oxygen atoms in total. The first-order valence-electron chi connectivity index (χ1n) is 9.06. The van der Waals surface area contributed by atoms with Crippen molar-refractivity contribution in [2.24, 2.45) is 0 Å². The Morgan fingerprint density at radius 2 is 1.86 bits per heavy atom. The van der Waals surface area contributed by atoms with Gasteiger partial charge in [-0.1, -0.05) is 11.6 Å². The van der Waals surface area contributed by atoms with Crippen LogP contribution in [-0.4, -0.2) is 32.7 Å². The van der Waals surface area contributed by atoms with Crippen LogP contribution in [0.15, 0.2) is 62.9 Å². The van der Waals surface area contributed by atoms with Gasteiger partial charge in [0.25, 0.3) is 0 Å². The van der Waals surface area contributed by atoms with Gasteiger partial charge in [-0.15, -0.1) is 0 Å². The summed E-state index contributed by atoms with van der Waals surface area (Å²) in [6.45, 7) is 1.07. The van der Waals surface area contributed by atoms with E-state index in [1.807, 2.05) is 0 Å². The second kappa shape index (κ2) is 8.14. The Morgan fingerprint density at radius 3 is 2.52 bits per heavy atom. The van der Waals surface area contributed by atoms with Crippen LogP contribution in [0, 0.1) is 5.82 Å². The number of benzene rings is 2. The van der Waals surface area contributed by atoms with Crippen LogP contribution >= 0.6 is 11.6 Å². The number of nitrogens with zero attached hydrogens (tertiary/aromatic N) is 1. The van der Waals surface area contributed by atoms with E-state index in [-0.39, 0.29) is 27.8 Å². The molecule has 1 aliphatic rings. The van der Waals surface area contributed by atoms with Crippen LogP contribution in [0.4, 0.5) is 10.3 Å². The summed E-state index contributed by atoms with van der Waals surface area (Å²) in [4.78, 5) is 4.16. The molecule has 0 aliphatic carbocycles. The number of rotatable bonds is 6. The fourth-order valence-corrected chi connectivity index (χ4v) is 4.46. The average Bonchev–Trinajstić information content (AvgIpc) is 3.37. The lowest BCUT2D eigenvalue weighted by molar-refractivity contribution is 0.120. The van der Waals surface area contributed by atoms with Gasteiger partial charge in [-0.05, 0) is 61.4 Å². The Balaban J connectivity index is 1.73. The van der Waals surface area contributed by atoms with Gasteiger partial charge in [0.2, 0.25) is 26.6 Å². The quantitative estimate of drug-likeness (QED) is 0.570. The number of nitrogens with one attached hydrogen (secondary N) is 1. The monoisotopic (exact) mass is 436 g/mol. The molecule has 0 bridgehead atoms. The predicted octanol–water partition coefficient (Wildman–Crippen LogP) is 4.56. The molecule has 152 valence electrons. The lowest BCUT2D eigenvalue weighted by Crippen LogP contribution is -2.19. The molecule has 1 aromatic heterocycles. The summed E-state index contributed by atoms with van der Waals surface area (Å²) >= 11 is 5.92. The van der Waals surface area contributed by atoms with Gasteiger partial charge >= 0.3 is 0 Å². The van der Waals surface area contributed by atoms with Crippen LogP contribution in [0.1, 0.15) is 12.8 Å². The number of oxazole rings is 1. The minimum absolute atomic E-state index is 0.0229. The Morgan fingerprint density at radius 1 is 1.14 bits per heavy atom. The smallest absolute Gasteiger partial charge is 0.233 e. The van der Waals surface area contributed by atoms with Gasteiger partial charge in [-0.3, -0.25) is 0 Å². The van der Waals surface area contributed by atoms with Crippen molar-refractivity contribution in [3.63, 3.8) is 0 Å². The number of sulfone groups is 1. The van der Waals surface area contributed by atoms with E-state index in [1.165, 1.54) is 12.1 Å². The van der Waals surface area contributed by atoms with E-state index in [1.54, 1.807) is 24.3 Å². The summed E-state index contributed by atoms with van der Waals surface area (Å²) in [5, 5.41) is 3.29. The van der Waals surface area contributed by atoms with Crippen molar-refractivity contribution in [3.05, 3.63) is 59.4 Å². The molecule has 2 aromatic carbocycles. The van der Waals surface area contributed by atoms with Crippen molar-refractivity contribution >= 4 is 27.3 Å². The van der Waals surface area contributed by atoms with E-state index in [4.69, 9.17) is 20.8 Å². The Hall–Kier alpha value is -2.42. The van der Waals surface area contributed by atoms with Crippen molar-refractivity contribution in [2.45, 2.75) is 28.9 Å². The lowest BCUT2D eigenvalue weighted by Gasteiger charge is -2.10. The molecular formula is C20H18ClFN2O4S. The van der Waals surface area contributed by atoms with Crippen molar-refractivity contribution in [1.82, 2.24) is 4.98 Å². The first kappa shape index (κ1) is 19.9. The van der Waals surface area contributed by atoms with Crippen LogP contribution in [0.2, 0.25) is 5.02 Å². The molecule has 9 heteroatoms. The first-order valence-corrected chi connectivity index (χ1v) is 10.9. The molecule has 1 N–H and O–H groups in total. The zero-order chi connectivity index (χ0) is 20.4. The van der Waals surface area contributed by atoms with Gasteiger partial charge in [-0.2, -0.15) is 4.98 Å². The maximum Gasteiger partial charge on any atom is 0.233 e. The number of halogens is 2. The Labute approximate surface area is 172 Å². The number of aromatic nitrogens is 1. The molecule has 1 atom stereocenters. The third kappa shape index (κ3) is 4.29. The van der Waals surface area contributed by atoms with Gasteiger partial charge < -0.3 is 14.5 Å². The first-order chi connectivity index (χ1) is 13.9. The van der Waals surface area contributed by atoms with Crippen molar-refractivity contribution in [1.29, 1.82) is 0 Å². The van der Waals surface area contributed by atoms with Gasteiger partial charge in [0, 0.05) is 23.7 Å². The van der Waals surface area contributed by atoms with Crippen molar-refractivity contribution < 1.29 is 22.0 Å². The average molecular weight is 437 g/mol. The second-order valence-corrected chi connectivity index (χ2v) is 8.93. The second-order valence-electron chi connectivity index (χ2n) is 6.63. The molecule has 0 amide bonds.